The molecule has 2 aromatic carbocycles. The lowest BCUT2D eigenvalue weighted by molar-refractivity contribution is -0.115. The van der Waals surface area contributed by atoms with E-state index < -0.39 is 0 Å². The summed E-state index contributed by atoms with van der Waals surface area (Å²) in [5.41, 5.74) is 6.58. The van der Waals surface area contributed by atoms with E-state index in [2.05, 4.69) is 62.2 Å². The van der Waals surface area contributed by atoms with Crippen LogP contribution in [0.5, 0.6) is 5.75 Å². The quantitative estimate of drug-likeness (QED) is 0.600. The van der Waals surface area contributed by atoms with E-state index in [0.29, 0.717) is 17.4 Å². The van der Waals surface area contributed by atoms with Crippen LogP contribution in [0.1, 0.15) is 44.4 Å². The van der Waals surface area contributed by atoms with Crippen LogP contribution in [0.25, 0.3) is 17.2 Å². The fourth-order valence-electron chi connectivity index (χ4n) is 4.29. The summed E-state index contributed by atoms with van der Waals surface area (Å²) in [6.45, 7) is 9.57. The molecule has 0 saturated carbocycles. The average molecular weight is 451 g/mol. The molecular formula is C26H30N2O3S. The van der Waals surface area contributed by atoms with Gasteiger partial charge < -0.3 is 9.64 Å². The zero-order chi connectivity index (χ0) is 23.2. The number of carbonyl (C=O) groups is 2. The Hall–Kier alpha value is -2.73. The van der Waals surface area contributed by atoms with Gasteiger partial charge in [-0.25, -0.2) is 0 Å². The van der Waals surface area contributed by atoms with E-state index in [4.69, 9.17) is 4.74 Å². The molecule has 2 heterocycles. The van der Waals surface area contributed by atoms with E-state index in [1.54, 1.807) is 6.08 Å². The van der Waals surface area contributed by atoms with Gasteiger partial charge in [-0.05, 0) is 59.5 Å². The lowest BCUT2D eigenvalue weighted by Gasteiger charge is -2.22. The molecule has 0 atom stereocenters. The summed E-state index contributed by atoms with van der Waals surface area (Å²) in [4.78, 5) is 26.1. The second-order valence-corrected chi connectivity index (χ2v) is 10.8. The number of amides is 2. The summed E-state index contributed by atoms with van der Waals surface area (Å²) < 4.78 is 6.25. The van der Waals surface area contributed by atoms with Crippen molar-refractivity contribution in [2.45, 2.75) is 39.5 Å². The molecule has 32 heavy (non-hydrogen) atoms. The maximum atomic E-state index is 12.0. The predicted molar refractivity (Wildman–Crippen MR) is 132 cm³/mol. The van der Waals surface area contributed by atoms with Gasteiger partial charge in [-0.15, -0.1) is 0 Å². The van der Waals surface area contributed by atoms with Crippen molar-refractivity contribution in [3.05, 3.63) is 51.9 Å². The van der Waals surface area contributed by atoms with Crippen molar-refractivity contribution in [1.82, 2.24) is 5.32 Å². The van der Waals surface area contributed by atoms with Crippen LogP contribution in [-0.2, 0) is 16.6 Å². The Morgan fingerprint density at radius 3 is 2.53 bits per heavy atom. The molecule has 4 rings (SSSR count). The SMILES string of the molecule is CC(C)Cc1cc(-c2cc(/C=C3\SC(=O)NC3=O)ccc2N(C)C)c2c(c1)C(C)(C)CO2. The van der Waals surface area contributed by atoms with Crippen molar-refractivity contribution in [3.8, 4) is 16.9 Å². The molecule has 1 N–H and O–H groups in total. The Kier molecular flexibility index (Phi) is 5.84. The molecule has 6 heteroatoms. The molecule has 0 spiro atoms. The van der Waals surface area contributed by atoms with Crippen LogP contribution in [0, 0.1) is 5.92 Å². The third-order valence-corrected chi connectivity index (χ3v) is 6.64. The standard InChI is InChI=1S/C26H30N2O3S/c1-15(2)9-17-11-19(23-20(12-17)26(3,4)14-31-23)18-10-16(7-8-21(18)28(5)6)13-22-24(29)27-25(30)32-22/h7-8,10-13,15H,9,14H2,1-6H3,(H,27,29,30)/b22-13-. The van der Waals surface area contributed by atoms with E-state index in [1.807, 2.05) is 20.2 Å². The van der Waals surface area contributed by atoms with Gasteiger partial charge in [0.2, 0.25) is 0 Å². The van der Waals surface area contributed by atoms with Gasteiger partial charge >= 0.3 is 0 Å². The van der Waals surface area contributed by atoms with Crippen LogP contribution in [-0.4, -0.2) is 31.8 Å². The molecule has 2 aliphatic heterocycles. The van der Waals surface area contributed by atoms with Gasteiger partial charge in [0.05, 0.1) is 11.5 Å². The lowest BCUT2D eigenvalue weighted by atomic mass is 9.83. The molecule has 2 aliphatic rings. The number of nitrogens with one attached hydrogen (secondary N) is 1. The first-order chi connectivity index (χ1) is 15.0. The lowest BCUT2D eigenvalue weighted by Crippen LogP contribution is -2.18. The van der Waals surface area contributed by atoms with Crippen molar-refractivity contribution in [2.24, 2.45) is 5.92 Å². The number of benzene rings is 2. The summed E-state index contributed by atoms with van der Waals surface area (Å²) in [5, 5.41) is 1.99. The average Bonchev–Trinajstić information content (AvgIpc) is 3.18. The van der Waals surface area contributed by atoms with Gasteiger partial charge in [-0.2, -0.15) is 0 Å². The Morgan fingerprint density at radius 2 is 1.91 bits per heavy atom. The first-order valence-corrected chi connectivity index (χ1v) is 11.7. The van der Waals surface area contributed by atoms with Crippen LogP contribution in [0.4, 0.5) is 10.5 Å². The predicted octanol–water partition coefficient (Wildman–Crippen LogP) is 5.61. The molecule has 0 aromatic heterocycles. The Balaban J connectivity index is 1.90. The molecule has 1 saturated heterocycles. The van der Waals surface area contributed by atoms with Crippen LogP contribution >= 0.6 is 11.8 Å². The molecule has 0 bridgehead atoms. The van der Waals surface area contributed by atoms with E-state index in [0.717, 1.165) is 46.3 Å². The van der Waals surface area contributed by atoms with Gasteiger partial charge in [-0.3, -0.25) is 14.9 Å². The van der Waals surface area contributed by atoms with Crippen molar-refractivity contribution in [2.75, 3.05) is 25.6 Å². The number of imide groups is 1. The molecular weight excluding hydrogens is 420 g/mol. The highest BCUT2D eigenvalue weighted by molar-refractivity contribution is 8.18. The summed E-state index contributed by atoms with van der Waals surface area (Å²) in [5.74, 6) is 1.15. The Morgan fingerprint density at radius 1 is 1.16 bits per heavy atom. The number of nitrogens with zero attached hydrogens (tertiary/aromatic N) is 1. The smallest absolute Gasteiger partial charge is 0.290 e. The molecule has 5 nitrogen and oxygen atoms in total. The minimum atomic E-state index is -0.344. The maximum absolute atomic E-state index is 12.0. The van der Waals surface area contributed by atoms with Crippen molar-refractivity contribution < 1.29 is 14.3 Å². The number of carbonyl (C=O) groups excluding carboxylic acids is 2. The second-order valence-electron chi connectivity index (χ2n) is 9.81. The van der Waals surface area contributed by atoms with Crippen LogP contribution < -0.4 is 15.0 Å². The van der Waals surface area contributed by atoms with E-state index >= 15 is 0 Å². The van der Waals surface area contributed by atoms with Crippen LogP contribution in [0.2, 0.25) is 0 Å². The summed E-state index contributed by atoms with van der Waals surface area (Å²) in [6.07, 6.45) is 2.77. The number of rotatable bonds is 5. The summed E-state index contributed by atoms with van der Waals surface area (Å²) in [7, 11) is 4.05. The molecule has 168 valence electrons. The maximum Gasteiger partial charge on any atom is 0.290 e. The van der Waals surface area contributed by atoms with Crippen molar-refractivity contribution in [1.29, 1.82) is 0 Å². The van der Waals surface area contributed by atoms with Crippen molar-refractivity contribution >= 4 is 34.7 Å². The van der Waals surface area contributed by atoms with E-state index in [1.165, 1.54) is 11.1 Å². The topological polar surface area (TPSA) is 58.6 Å². The van der Waals surface area contributed by atoms with Gasteiger partial charge in [0.15, 0.2) is 0 Å². The molecule has 2 aromatic rings. The van der Waals surface area contributed by atoms with Gasteiger partial charge in [0.25, 0.3) is 11.1 Å². The summed E-state index contributed by atoms with van der Waals surface area (Å²) in [6, 6.07) is 10.7. The van der Waals surface area contributed by atoms with Crippen LogP contribution in [0.15, 0.2) is 35.2 Å². The van der Waals surface area contributed by atoms with Gasteiger partial charge in [0.1, 0.15) is 5.75 Å². The largest absolute Gasteiger partial charge is 0.492 e. The summed E-state index contributed by atoms with van der Waals surface area (Å²) >= 11 is 0.936. The third-order valence-electron chi connectivity index (χ3n) is 5.83. The fraction of sp³-hybridized carbons (Fsp3) is 0.385. The highest BCUT2D eigenvalue weighted by atomic mass is 32.2. The monoisotopic (exact) mass is 450 g/mol. The zero-order valence-corrected chi connectivity index (χ0v) is 20.4. The zero-order valence-electron chi connectivity index (χ0n) is 19.5. The number of hydrogen-bond donors (Lipinski definition) is 1. The molecule has 2 amide bonds. The van der Waals surface area contributed by atoms with E-state index in [-0.39, 0.29) is 16.6 Å². The third kappa shape index (κ3) is 4.29. The minimum absolute atomic E-state index is 0.0477. The number of fused-ring (bicyclic) bond motifs is 1. The van der Waals surface area contributed by atoms with Gasteiger partial charge in [-0.1, -0.05) is 39.8 Å². The number of thioether (sulfide) groups is 1. The normalized spacial score (nSPS) is 18.2. The highest BCUT2D eigenvalue weighted by Gasteiger charge is 2.35. The number of anilines is 1. The second kappa shape index (κ2) is 8.32. The Labute approximate surface area is 194 Å². The first kappa shape index (κ1) is 22.5. The van der Waals surface area contributed by atoms with Crippen molar-refractivity contribution in [3.63, 3.8) is 0 Å². The number of ether oxygens (including phenoxy) is 1. The molecule has 0 aliphatic carbocycles. The highest BCUT2D eigenvalue weighted by Crippen LogP contribution is 2.48. The molecule has 0 radical (unpaired) electrons. The molecule has 1 fully saturated rings. The fourth-order valence-corrected chi connectivity index (χ4v) is 4.97. The van der Waals surface area contributed by atoms with E-state index in [9.17, 15) is 9.59 Å². The number of hydrogen-bond acceptors (Lipinski definition) is 5. The first-order valence-electron chi connectivity index (χ1n) is 10.9. The van der Waals surface area contributed by atoms with Gasteiger partial charge in [0, 0.05) is 41.9 Å². The van der Waals surface area contributed by atoms with Crippen LogP contribution in [0.3, 0.4) is 0 Å². The minimum Gasteiger partial charge on any atom is -0.492 e. The Bertz CT molecular complexity index is 1130. The molecule has 0 unspecified atom stereocenters.